The van der Waals surface area contributed by atoms with Crippen LogP contribution in [0.5, 0.6) is 5.75 Å². The predicted octanol–water partition coefficient (Wildman–Crippen LogP) is 4.49. The molecule has 0 aliphatic rings. The lowest BCUT2D eigenvalue weighted by atomic mass is 10.1. The first-order valence-electron chi connectivity index (χ1n) is 9.33. The maximum Gasteiger partial charge on any atom is 0.191 e. The van der Waals surface area contributed by atoms with Crippen LogP contribution < -0.4 is 15.4 Å². The second kappa shape index (κ2) is 10.2. The van der Waals surface area contributed by atoms with Gasteiger partial charge in [0.1, 0.15) is 5.75 Å². The van der Waals surface area contributed by atoms with E-state index >= 15 is 0 Å². The molecule has 0 unspecified atom stereocenters. The van der Waals surface area contributed by atoms with Gasteiger partial charge in [-0.2, -0.15) is 0 Å². The fourth-order valence-corrected chi connectivity index (χ4v) is 4.31. The molecule has 7 heteroatoms. The molecular weight excluding hydrogens is 388 g/mol. The van der Waals surface area contributed by atoms with Crippen molar-refractivity contribution in [3.8, 4) is 16.9 Å². The SMILES string of the molecule is CCNC(=NCc1cc(-c2ccc(OC)cc2)cs1)NCCc1ncc(C)s1. The third-order valence-corrected chi connectivity index (χ3v) is 6.01. The summed E-state index contributed by atoms with van der Waals surface area (Å²) in [5, 5.41) is 10.0. The maximum atomic E-state index is 5.23. The number of rotatable bonds is 8. The minimum atomic E-state index is 0.659. The van der Waals surface area contributed by atoms with Gasteiger partial charge >= 0.3 is 0 Å². The number of aliphatic imine (C=N–C) groups is 1. The van der Waals surface area contributed by atoms with Crippen molar-refractivity contribution in [3.63, 3.8) is 0 Å². The van der Waals surface area contributed by atoms with Crippen LogP contribution in [0.25, 0.3) is 11.1 Å². The number of aryl methyl sites for hydroxylation is 1. The standard InChI is InChI=1S/C21H26N4OS2/c1-4-22-21(23-10-9-20-24-12-15(2)28-20)25-13-19-11-17(14-27-19)16-5-7-18(26-3)8-6-16/h5-8,11-12,14H,4,9-10,13H2,1-3H3,(H2,22,23,25). The highest BCUT2D eigenvalue weighted by Gasteiger charge is 2.05. The molecule has 28 heavy (non-hydrogen) atoms. The monoisotopic (exact) mass is 414 g/mol. The van der Waals surface area contributed by atoms with Gasteiger partial charge in [0, 0.05) is 35.5 Å². The molecule has 0 bridgehead atoms. The molecule has 0 atom stereocenters. The molecule has 0 saturated carbocycles. The average Bonchev–Trinajstić information content (AvgIpc) is 3.35. The Hall–Kier alpha value is -2.38. The summed E-state index contributed by atoms with van der Waals surface area (Å²) in [7, 11) is 1.68. The van der Waals surface area contributed by atoms with Crippen LogP contribution in [-0.4, -0.2) is 31.1 Å². The summed E-state index contributed by atoms with van der Waals surface area (Å²) in [5.41, 5.74) is 2.41. The number of ether oxygens (including phenoxy) is 1. The zero-order valence-electron chi connectivity index (χ0n) is 16.5. The van der Waals surface area contributed by atoms with Crippen molar-refractivity contribution in [2.45, 2.75) is 26.8 Å². The van der Waals surface area contributed by atoms with Gasteiger partial charge in [-0.15, -0.1) is 22.7 Å². The molecule has 1 aromatic carbocycles. The summed E-state index contributed by atoms with van der Waals surface area (Å²) in [6.45, 7) is 6.48. The van der Waals surface area contributed by atoms with E-state index in [1.165, 1.54) is 20.9 Å². The average molecular weight is 415 g/mol. The molecule has 3 rings (SSSR count). The van der Waals surface area contributed by atoms with Crippen LogP contribution in [0, 0.1) is 6.92 Å². The van der Waals surface area contributed by atoms with Crippen molar-refractivity contribution in [1.29, 1.82) is 0 Å². The molecule has 5 nitrogen and oxygen atoms in total. The molecule has 0 saturated heterocycles. The Bertz CT molecular complexity index is 899. The van der Waals surface area contributed by atoms with Gasteiger partial charge < -0.3 is 15.4 Å². The maximum absolute atomic E-state index is 5.23. The smallest absolute Gasteiger partial charge is 0.191 e. The quantitative estimate of drug-likeness (QED) is 0.421. The first-order valence-corrected chi connectivity index (χ1v) is 11.0. The summed E-state index contributed by atoms with van der Waals surface area (Å²) >= 11 is 3.48. The number of nitrogens with one attached hydrogen (secondary N) is 2. The predicted molar refractivity (Wildman–Crippen MR) is 120 cm³/mol. The number of aromatic nitrogens is 1. The normalized spacial score (nSPS) is 11.5. The van der Waals surface area contributed by atoms with Crippen LogP contribution in [-0.2, 0) is 13.0 Å². The Morgan fingerprint density at radius 1 is 1.18 bits per heavy atom. The molecule has 0 fully saturated rings. The van der Waals surface area contributed by atoms with E-state index in [2.05, 4.69) is 53.0 Å². The topological polar surface area (TPSA) is 58.5 Å². The Morgan fingerprint density at radius 2 is 2.00 bits per heavy atom. The number of nitrogens with zero attached hydrogens (tertiary/aromatic N) is 2. The summed E-state index contributed by atoms with van der Waals surface area (Å²) in [4.78, 5) is 11.6. The molecule has 0 aliphatic carbocycles. The number of hydrogen-bond acceptors (Lipinski definition) is 5. The van der Waals surface area contributed by atoms with Gasteiger partial charge in [0.25, 0.3) is 0 Å². The van der Waals surface area contributed by atoms with E-state index in [0.29, 0.717) is 6.54 Å². The van der Waals surface area contributed by atoms with Crippen molar-refractivity contribution >= 4 is 28.6 Å². The second-order valence-electron chi connectivity index (χ2n) is 6.27. The van der Waals surface area contributed by atoms with E-state index in [0.717, 1.165) is 36.2 Å². The highest BCUT2D eigenvalue weighted by molar-refractivity contribution is 7.11. The van der Waals surface area contributed by atoms with E-state index in [1.807, 2.05) is 18.3 Å². The van der Waals surface area contributed by atoms with E-state index < -0.39 is 0 Å². The number of guanidine groups is 1. The van der Waals surface area contributed by atoms with Crippen molar-refractivity contribution in [1.82, 2.24) is 15.6 Å². The van der Waals surface area contributed by atoms with Crippen LogP contribution in [0.2, 0.25) is 0 Å². The molecular formula is C21H26N4OS2. The molecule has 148 valence electrons. The lowest BCUT2D eigenvalue weighted by Gasteiger charge is -2.10. The van der Waals surface area contributed by atoms with Gasteiger partial charge in [0.05, 0.1) is 18.7 Å². The molecule has 2 N–H and O–H groups in total. The van der Waals surface area contributed by atoms with Gasteiger partial charge in [-0.1, -0.05) is 12.1 Å². The number of thiophene rings is 1. The van der Waals surface area contributed by atoms with E-state index in [4.69, 9.17) is 9.73 Å². The fraction of sp³-hybridized carbons (Fsp3) is 0.333. The second-order valence-corrected chi connectivity index (χ2v) is 8.58. The van der Waals surface area contributed by atoms with Gasteiger partial charge in [0.2, 0.25) is 0 Å². The van der Waals surface area contributed by atoms with Crippen LogP contribution >= 0.6 is 22.7 Å². The first-order chi connectivity index (χ1) is 13.7. The highest BCUT2D eigenvalue weighted by atomic mass is 32.1. The van der Waals surface area contributed by atoms with Gasteiger partial charge in [-0.25, -0.2) is 9.98 Å². The van der Waals surface area contributed by atoms with Gasteiger partial charge in [-0.3, -0.25) is 0 Å². The fourth-order valence-electron chi connectivity index (χ4n) is 2.70. The van der Waals surface area contributed by atoms with Crippen molar-refractivity contribution in [2.75, 3.05) is 20.2 Å². The lowest BCUT2D eigenvalue weighted by Crippen LogP contribution is -2.38. The van der Waals surface area contributed by atoms with E-state index in [9.17, 15) is 0 Å². The summed E-state index contributed by atoms with van der Waals surface area (Å²) in [5.74, 6) is 1.72. The Kier molecular flexibility index (Phi) is 7.45. The van der Waals surface area contributed by atoms with Crippen molar-refractivity contribution in [3.05, 3.63) is 56.7 Å². The number of methoxy groups -OCH3 is 1. The van der Waals surface area contributed by atoms with Crippen LogP contribution in [0.1, 0.15) is 21.7 Å². The summed E-state index contributed by atoms with van der Waals surface area (Å²) in [6, 6.07) is 10.3. The van der Waals surface area contributed by atoms with E-state index in [1.54, 1.807) is 29.8 Å². The third kappa shape index (κ3) is 5.81. The Labute approximate surface area is 174 Å². The summed E-state index contributed by atoms with van der Waals surface area (Å²) in [6.07, 6.45) is 2.83. The molecule has 0 radical (unpaired) electrons. The zero-order chi connectivity index (χ0) is 19.8. The number of hydrogen-bond donors (Lipinski definition) is 2. The number of thiazole rings is 1. The molecule has 0 spiro atoms. The van der Waals surface area contributed by atoms with Crippen molar-refractivity contribution in [2.24, 2.45) is 4.99 Å². The van der Waals surface area contributed by atoms with Gasteiger partial charge in [-0.05, 0) is 48.6 Å². The first kappa shape index (κ1) is 20.4. The van der Waals surface area contributed by atoms with Crippen LogP contribution in [0.3, 0.4) is 0 Å². The van der Waals surface area contributed by atoms with Crippen LogP contribution in [0.4, 0.5) is 0 Å². The third-order valence-electron chi connectivity index (χ3n) is 4.11. The molecule has 0 aliphatic heterocycles. The highest BCUT2D eigenvalue weighted by Crippen LogP contribution is 2.27. The van der Waals surface area contributed by atoms with Crippen LogP contribution in [0.15, 0.2) is 46.9 Å². The van der Waals surface area contributed by atoms with Crippen molar-refractivity contribution < 1.29 is 4.74 Å². The minimum Gasteiger partial charge on any atom is -0.497 e. The molecule has 3 aromatic rings. The molecule has 0 amide bonds. The summed E-state index contributed by atoms with van der Waals surface area (Å²) < 4.78 is 5.23. The number of benzene rings is 1. The Morgan fingerprint density at radius 3 is 2.68 bits per heavy atom. The minimum absolute atomic E-state index is 0.659. The zero-order valence-corrected chi connectivity index (χ0v) is 18.1. The Balaban J connectivity index is 1.57. The largest absolute Gasteiger partial charge is 0.497 e. The van der Waals surface area contributed by atoms with Gasteiger partial charge in [0.15, 0.2) is 5.96 Å². The lowest BCUT2D eigenvalue weighted by molar-refractivity contribution is 0.415. The molecule has 2 heterocycles. The van der Waals surface area contributed by atoms with E-state index in [-0.39, 0.29) is 0 Å². The molecule has 2 aromatic heterocycles.